The number of hydrogen-bond donors (Lipinski definition) is 0. The molecule has 0 N–H and O–H groups in total. The van der Waals surface area contributed by atoms with Gasteiger partial charge in [0.15, 0.2) is 5.78 Å². The number of halogens is 1. The summed E-state index contributed by atoms with van der Waals surface area (Å²) in [4.78, 5) is 13.1. The highest BCUT2D eigenvalue weighted by Gasteiger charge is 2.50. The first kappa shape index (κ1) is 16.8. The topological polar surface area (TPSA) is 50.1 Å². The molecule has 2 aliphatic rings. The Hall–Kier alpha value is -2.67. The minimum absolute atomic E-state index is 0.0917. The van der Waals surface area contributed by atoms with Gasteiger partial charge in [-0.25, -0.2) is 4.39 Å². The summed E-state index contributed by atoms with van der Waals surface area (Å²) in [5.41, 5.74) is 1.91. The second-order valence-electron chi connectivity index (χ2n) is 7.21. The smallest absolute Gasteiger partial charge is 0.173 e. The molecule has 1 fully saturated rings. The normalized spacial score (nSPS) is 20.5. The average molecular weight is 349 g/mol. The van der Waals surface area contributed by atoms with Crippen molar-refractivity contribution < 1.29 is 13.9 Å². The molecule has 1 unspecified atom stereocenters. The van der Waals surface area contributed by atoms with E-state index < -0.39 is 5.60 Å². The number of carbonyl (C=O) groups is 1. The van der Waals surface area contributed by atoms with Crippen molar-refractivity contribution in [3.63, 3.8) is 0 Å². The number of nitriles is 1. The molecule has 1 aliphatic carbocycles. The number of benzene rings is 2. The summed E-state index contributed by atoms with van der Waals surface area (Å²) < 4.78 is 19.6. The van der Waals surface area contributed by atoms with Gasteiger partial charge in [-0.2, -0.15) is 5.26 Å². The van der Waals surface area contributed by atoms with Gasteiger partial charge < -0.3 is 4.74 Å². The molecule has 0 amide bonds. The summed E-state index contributed by atoms with van der Waals surface area (Å²) in [6.45, 7) is 0. The summed E-state index contributed by atoms with van der Waals surface area (Å²) in [5, 5.41) is 8.96. The predicted octanol–water partition coefficient (Wildman–Crippen LogP) is 5.30. The summed E-state index contributed by atoms with van der Waals surface area (Å²) >= 11 is 0. The van der Waals surface area contributed by atoms with E-state index in [2.05, 4.69) is 6.07 Å². The van der Waals surface area contributed by atoms with Crippen LogP contribution < -0.4 is 4.74 Å². The molecular weight excluding hydrogens is 329 g/mol. The quantitative estimate of drug-likeness (QED) is 0.755. The molecule has 4 heteroatoms. The highest BCUT2D eigenvalue weighted by atomic mass is 19.1. The third-order valence-electron chi connectivity index (χ3n) is 5.68. The van der Waals surface area contributed by atoms with Gasteiger partial charge in [-0.05, 0) is 67.5 Å². The van der Waals surface area contributed by atoms with Crippen LogP contribution in [0, 0.1) is 23.1 Å². The van der Waals surface area contributed by atoms with Crippen LogP contribution in [0.15, 0.2) is 42.5 Å². The van der Waals surface area contributed by atoms with Crippen molar-refractivity contribution in [2.45, 2.75) is 44.1 Å². The number of rotatable bonds is 3. The van der Waals surface area contributed by atoms with Gasteiger partial charge in [0.2, 0.25) is 0 Å². The van der Waals surface area contributed by atoms with Crippen molar-refractivity contribution in [1.82, 2.24) is 0 Å². The second kappa shape index (κ2) is 6.57. The van der Waals surface area contributed by atoms with E-state index in [1.54, 1.807) is 18.2 Å². The van der Waals surface area contributed by atoms with Crippen molar-refractivity contribution in [2.75, 3.05) is 0 Å². The van der Waals surface area contributed by atoms with E-state index in [4.69, 9.17) is 10.00 Å². The zero-order valence-corrected chi connectivity index (χ0v) is 14.5. The van der Waals surface area contributed by atoms with E-state index in [1.807, 2.05) is 12.1 Å². The van der Waals surface area contributed by atoms with Gasteiger partial charge in [-0.3, -0.25) is 4.79 Å². The highest BCUT2D eigenvalue weighted by Crippen LogP contribution is 2.48. The van der Waals surface area contributed by atoms with Crippen LogP contribution in [0.25, 0.3) is 11.1 Å². The van der Waals surface area contributed by atoms with Crippen LogP contribution in [0.5, 0.6) is 5.75 Å². The van der Waals surface area contributed by atoms with E-state index in [9.17, 15) is 9.18 Å². The molecule has 1 aliphatic heterocycles. The van der Waals surface area contributed by atoms with Crippen LogP contribution in [0.4, 0.5) is 4.39 Å². The fraction of sp³-hybridized carbons (Fsp3) is 0.364. The molecule has 0 saturated heterocycles. The number of fused-ring (bicyclic) bond motifs is 1. The molecule has 0 radical (unpaired) electrons. The zero-order chi connectivity index (χ0) is 18.1. The number of ether oxygens (including phenoxy) is 1. The molecule has 1 heterocycles. The lowest BCUT2D eigenvalue weighted by Crippen LogP contribution is -2.48. The van der Waals surface area contributed by atoms with Gasteiger partial charge >= 0.3 is 0 Å². The molecule has 26 heavy (non-hydrogen) atoms. The van der Waals surface area contributed by atoms with E-state index in [-0.39, 0.29) is 17.5 Å². The maximum Gasteiger partial charge on any atom is 0.173 e. The third kappa shape index (κ3) is 2.78. The number of ketones is 1. The predicted molar refractivity (Wildman–Crippen MR) is 96.3 cm³/mol. The van der Waals surface area contributed by atoms with Crippen molar-refractivity contribution in [2.24, 2.45) is 5.92 Å². The van der Waals surface area contributed by atoms with Gasteiger partial charge in [0, 0.05) is 6.42 Å². The molecule has 1 spiro atoms. The lowest BCUT2D eigenvalue weighted by atomic mass is 9.75. The molecule has 2 aromatic rings. The first-order valence-corrected chi connectivity index (χ1v) is 9.13. The van der Waals surface area contributed by atoms with E-state index in [1.165, 1.54) is 12.1 Å². The number of nitrogens with zero attached hydrogens (tertiary/aromatic N) is 1. The Bertz CT molecular complexity index is 876. The molecule has 132 valence electrons. The molecule has 3 nitrogen and oxygen atoms in total. The Kier molecular flexibility index (Phi) is 4.24. The van der Waals surface area contributed by atoms with Crippen LogP contribution in [0.2, 0.25) is 0 Å². The molecule has 0 aromatic heterocycles. The average Bonchev–Trinajstić information content (AvgIpc) is 3.10. The summed E-state index contributed by atoms with van der Waals surface area (Å²) in [6.07, 6.45) is 4.72. The van der Waals surface area contributed by atoms with Crippen molar-refractivity contribution >= 4 is 5.78 Å². The van der Waals surface area contributed by atoms with Crippen LogP contribution in [0.1, 0.15) is 48.9 Å². The molecule has 4 rings (SSSR count). The van der Waals surface area contributed by atoms with Gasteiger partial charge in [0.05, 0.1) is 17.6 Å². The Morgan fingerprint density at radius 1 is 1.12 bits per heavy atom. The molecule has 0 bridgehead atoms. The van der Waals surface area contributed by atoms with Crippen molar-refractivity contribution in [3.8, 4) is 22.9 Å². The first-order valence-electron chi connectivity index (χ1n) is 9.13. The lowest BCUT2D eigenvalue weighted by molar-refractivity contribution is 0.00319. The van der Waals surface area contributed by atoms with Gasteiger partial charge in [0.1, 0.15) is 17.2 Å². The summed E-state index contributed by atoms with van der Waals surface area (Å²) in [7, 11) is 0. The largest absolute Gasteiger partial charge is 0.486 e. The Labute approximate surface area is 152 Å². The fourth-order valence-electron chi connectivity index (χ4n) is 4.38. The SMILES string of the molecule is N#CCCC1C(=O)c2ccc(-c3ccc(F)cc3)cc2OC12CCCC2. The van der Waals surface area contributed by atoms with E-state index in [0.29, 0.717) is 24.2 Å². The maximum absolute atomic E-state index is 13.2. The van der Waals surface area contributed by atoms with Gasteiger partial charge in [-0.1, -0.05) is 18.2 Å². The van der Waals surface area contributed by atoms with Crippen LogP contribution >= 0.6 is 0 Å². The van der Waals surface area contributed by atoms with Crippen LogP contribution in [0.3, 0.4) is 0 Å². The third-order valence-corrected chi connectivity index (χ3v) is 5.68. The standard InChI is InChI=1S/C22H20FNO2/c23-17-8-5-15(6-9-17)16-7-10-18-20(14-16)26-22(11-1-2-12-22)19(21(18)25)4-3-13-24/h5-10,14,19H,1-4,11-12H2. The first-order chi connectivity index (χ1) is 12.6. The van der Waals surface area contributed by atoms with Gasteiger partial charge in [-0.15, -0.1) is 0 Å². The fourth-order valence-corrected chi connectivity index (χ4v) is 4.38. The lowest BCUT2D eigenvalue weighted by Gasteiger charge is -2.41. The van der Waals surface area contributed by atoms with Crippen LogP contribution in [-0.4, -0.2) is 11.4 Å². The van der Waals surface area contributed by atoms with E-state index >= 15 is 0 Å². The van der Waals surface area contributed by atoms with Gasteiger partial charge in [0.25, 0.3) is 0 Å². The van der Waals surface area contributed by atoms with Crippen LogP contribution in [-0.2, 0) is 0 Å². The number of hydrogen-bond acceptors (Lipinski definition) is 3. The Balaban J connectivity index is 1.73. The minimum Gasteiger partial charge on any atom is -0.486 e. The Morgan fingerprint density at radius 3 is 2.50 bits per heavy atom. The molecule has 1 atom stereocenters. The molecule has 2 aromatic carbocycles. The summed E-state index contributed by atoms with van der Waals surface area (Å²) in [5.74, 6) is 0.193. The van der Waals surface area contributed by atoms with Crippen molar-refractivity contribution in [1.29, 1.82) is 5.26 Å². The molecular formula is C22H20FNO2. The zero-order valence-electron chi connectivity index (χ0n) is 14.5. The second-order valence-corrected chi connectivity index (χ2v) is 7.21. The monoisotopic (exact) mass is 349 g/mol. The number of carbonyl (C=O) groups excluding carboxylic acids is 1. The minimum atomic E-state index is -0.470. The number of Topliss-reactive ketones (excluding diaryl/α,β-unsaturated/α-hetero) is 1. The van der Waals surface area contributed by atoms with Crippen molar-refractivity contribution in [3.05, 3.63) is 53.8 Å². The molecule has 1 saturated carbocycles. The summed E-state index contributed by atoms with van der Waals surface area (Å²) in [6, 6.07) is 14.0. The maximum atomic E-state index is 13.2. The Morgan fingerprint density at radius 2 is 1.81 bits per heavy atom. The highest BCUT2D eigenvalue weighted by molar-refractivity contribution is 6.02. The van der Waals surface area contributed by atoms with E-state index in [0.717, 1.165) is 36.8 Å².